The van der Waals surface area contributed by atoms with Gasteiger partial charge < -0.3 is 10.6 Å². The van der Waals surface area contributed by atoms with Crippen LogP contribution in [0.25, 0.3) is 0 Å². The van der Waals surface area contributed by atoms with Crippen LogP contribution >= 0.6 is 0 Å². The van der Waals surface area contributed by atoms with Gasteiger partial charge in [-0.05, 0) is 59.5 Å². The number of hydrogen-bond donors (Lipinski definition) is 2. The number of carbonyl (C=O) groups is 1. The largest absolute Gasteiger partial charge is 0.340 e. The van der Waals surface area contributed by atoms with Gasteiger partial charge in [-0.25, -0.2) is 4.98 Å². The summed E-state index contributed by atoms with van der Waals surface area (Å²) in [4.78, 5) is 16.7. The molecule has 0 aliphatic rings. The van der Waals surface area contributed by atoms with Crippen molar-refractivity contribution in [2.24, 2.45) is 0 Å². The lowest BCUT2D eigenvalue weighted by Crippen LogP contribution is -2.12. The molecule has 0 fully saturated rings. The SMILES string of the molecule is CC(C)(C)c1ccc(Nc2ccc(C(=O)Nc3ccc(C#N)cc3)cn2)cc1. The quantitative estimate of drug-likeness (QED) is 0.658. The lowest BCUT2D eigenvalue weighted by molar-refractivity contribution is 0.102. The van der Waals surface area contributed by atoms with E-state index in [2.05, 4.69) is 48.5 Å². The molecule has 0 saturated carbocycles. The Balaban J connectivity index is 1.64. The van der Waals surface area contributed by atoms with E-state index in [-0.39, 0.29) is 11.3 Å². The highest BCUT2D eigenvalue weighted by molar-refractivity contribution is 6.04. The third-order valence-electron chi connectivity index (χ3n) is 4.32. The van der Waals surface area contributed by atoms with Gasteiger partial charge in [-0.2, -0.15) is 5.26 Å². The van der Waals surface area contributed by atoms with Gasteiger partial charge in [0.2, 0.25) is 0 Å². The molecular formula is C23H22N4O. The second-order valence-electron chi connectivity index (χ2n) is 7.53. The van der Waals surface area contributed by atoms with E-state index in [4.69, 9.17) is 5.26 Å². The van der Waals surface area contributed by atoms with Gasteiger partial charge in [-0.1, -0.05) is 32.9 Å². The maximum atomic E-state index is 12.3. The van der Waals surface area contributed by atoms with Crippen molar-refractivity contribution >= 4 is 23.1 Å². The summed E-state index contributed by atoms with van der Waals surface area (Å²) in [6.07, 6.45) is 1.53. The monoisotopic (exact) mass is 370 g/mol. The predicted octanol–water partition coefficient (Wildman–Crippen LogP) is 5.25. The van der Waals surface area contributed by atoms with Gasteiger partial charge in [-0.15, -0.1) is 0 Å². The maximum absolute atomic E-state index is 12.3. The van der Waals surface area contributed by atoms with E-state index in [9.17, 15) is 4.79 Å². The molecule has 28 heavy (non-hydrogen) atoms. The lowest BCUT2D eigenvalue weighted by Gasteiger charge is -2.19. The first-order valence-corrected chi connectivity index (χ1v) is 9.00. The van der Waals surface area contributed by atoms with Crippen molar-refractivity contribution < 1.29 is 4.79 Å². The van der Waals surface area contributed by atoms with Crippen LogP contribution in [0.5, 0.6) is 0 Å². The second kappa shape index (κ2) is 7.93. The van der Waals surface area contributed by atoms with Crippen LogP contribution in [-0.2, 0) is 5.41 Å². The Morgan fingerprint density at radius 2 is 1.57 bits per heavy atom. The summed E-state index contributed by atoms with van der Waals surface area (Å²) in [6, 6.07) is 20.5. The number of nitrogens with zero attached hydrogens (tertiary/aromatic N) is 2. The first-order chi connectivity index (χ1) is 13.3. The third kappa shape index (κ3) is 4.74. The molecule has 0 saturated heterocycles. The van der Waals surface area contributed by atoms with E-state index in [1.807, 2.05) is 18.2 Å². The molecule has 0 aliphatic carbocycles. The highest BCUT2D eigenvalue weighted by atomic mass is 16.1. The number of nitriles is 1. The number of pyridine rings is 1. The zero-order valence-electron chi connectivity index (χ0n) is 16.2. The average Bonchev–Trinajstić information content (AvgIpc) is 2.69. The Labute approximate surface area is 165 Å². The normalized spacial score (nSPS) is 10.8. The molecule has 0 atom stereocenters. The van der Waals surface area contributed by atoms with Gasteiger partial charge in [0.05, 0.1) is 17.2 Å². The molecule has 1 aromatic heterocycles. The zero-order valence-corrected chi connectivity index (χ0v) is 16.2. The molecule has 2 N–H and O–H groups in total. The molecule has 3 rings (SSSR count). The topological polar surface area (TPSA) is 77.8 Å². The predicted molar refractivity (Wildman–Crippen MR) is 112 cm³/mol. The summed E-state index contributed by atoms with van der Waals surface area (Å²) in [5, 5.41) is 14.8. The first-order valence-electron chi connectivity index (χ1n) is 9.00. The summed E-state index contributed by atoms with van der Waals surface area (Å²) < 4.78 is 0. The standard InChI is InChI=1S/C23H22N4O/c1-23(2,3)18-7-11-19(12-8-18)26-21-13-6-17(15-25-21)22(28)27-20-9-4-16(14-24)5-10-20/h4-13,15H,1-3H3,(H,25,26)(H,27,28). The number of amides is 1. The molecule has 2 aromatic carbocycles. The number of carbonyl (C=O) groups excluding carboxylic acids is 1. The zero-order chi connectivity index (χ0) is 20.1. The lowest BCUT2D eigenvalue weighted by atomic mass is 9.87. The van der Waals surface area contributed by atoms with Crippen LogP contribution in [0.4, 0.5) is 17.2 Å². The fourth-order valence-corrected chi connectivity index (χ4v) is 2.63. The molecular weight excluding hydrogens is 348 g/mol. The summed E-state index contributed by atoms with van der Waals surface area (Å²) in [5.74, 6) is 0.414. The summed E-state index contributed by atoms with van der Waals surface area (Å²) in [5.41, 5.74) is 3.95. The van der Waals surface area contributed by atoms with Crippen molar-refractivity contribution in [3.05, 3.63) is 83.6 Å². The Morgan fingerprint density at radius 3 is 2.11 bits per heavy atom. The highest BCUT2D eigenvalue weighted by Crippen LogP contribution is 2.24. The van der Waals surface area contributed by atoms with Crippen LogP contribution in [0.2, 0.25) is 0 Å². The van der Waals surface area contributed by atoms with Gasteiger partial charge in [0, 0.05) is 17.6 Å². The minimum Gasteiger partial charge on any atom is -0.340 e. The Kier molecular flexibility index (Phi) is 5.42. The average molecular weight is 370 g/mol. The molecule has 5 heteroatoms. The molecule has 0 aliphatic heterocycles. The van der Waals surface area contributed by atoms with Crippen LogP contribution in [0, 0.1) is 11.3 Å². The van der Waals surface area contributed by atoms with E-state index in [0.29, 0.717) is 22.6 Å². The van der Waals surface area contributed by atoms with E-state index in [0.717, 1.165) is 5.69 Å². The van der Waals surface area contributed by atoms with Crippen molar-refractivity contribution in [3.63, 3.8) is 0 Å². The molecule has 0 spiro atoms. The third-order valence-corrected chi connectivity index (χ3v) is 4.32. The van der Waals surface area contributed by atoms with Crippen LogP contribution in [-0.4, -0.2) is 10.9 Å². The molecule has 1 heterocycles. The minimum absolute atomic E-state index is 0.112. The molecule has 3 aromatic rings. The van der Waals surface area contributed by atoms with Crippen molar-refractivity contribution in [3.8, 4) is 6.07 Å². The van der Waals surface area contributed by atoms with E-state index < -0.39 is 0 Å². The Bertz CT molecular complexity index is 993. The Hall–Kier alpha value is -3.65. The number of hydrogen-bond acceptors (Lipinski definition) is 4. The van der Waals surface area contributed by atoms with E-state index in [1.54, 1.807) is 36.4 Å². The molecule has 0 unspecified atom stereocenters. The number of anilines is 3. The van der Waals surface area contributed by atoms with Gasteiger partial charge in [0.1, 0.15) is 5.82 Å². The first kappa shape index (κ1) is 19.1. The van der Waals surface area contributed by atoms with Gasteiger partial charge in [0.25, 0.3) is 5.91 Å². The molecule has 140 valence electrons. The van der Waals surface area contributed by atoms with E-state index in [1.165, 1.54) is 11.8 Å². The van der Waals surface area contributed by atoms with Gasteiger partial charge in [0.15, 0.2) is 0 Å². The maximum Gasteiger partial charge on any atom is 0.257 e. The minimum atomic E-state index is -0.252. The van der Waals surface area contributed by atoms with Gasteiger partial charge >= 0.3 is 0 Å². The summed E-state index contributed by atoms with van der Waals surface area (Å²) >= 11 is 0. The van der Waals surface area contributed by atoms with Crippen LogP contribution < -0.4 is 10.6 Å². The number of nitrogens with one attached hydrogen (secondary N) is 2. The second-order valence-corrected chi connectivity index (χ2v) is 7.53. The molecule has 0 radical (unpaired) electrons. The summed E-state index contributed by atoms with van der Waals surface area (Å²) in [7, 11) is 0. The summed E-state index contributed by atoms with van der Waals surface area (Å²) in [6.45, 7) is 6.54. The Morgan fingerprint density at radius 1 is 0.929 bits per heavy atom. The van der Waals surface area contributed by atoms with E-state index >= 15 is 0 Å². The van der Waals surface area contributed by atoms with Crippen molar-refractivity contribution in [2.45, 2.75) is 26.2 Å². The molecule has 0 bridgehead atoms. The fourth-order valence-electron chi connectivity index (χ4n) is 2.63. The van der Waals surface area contributed by atoms with Crippen molar-refractivity contribution in [1.82, 2.24) is 4.98 Å². The highest BCUT2D eigenvalue weighted by Gasteiger charge is 2.13. The fraction of sp³-hybridized carbons (Fsp3) is 0.174. The van der Waals surface area contributed by atoms with Crippen molar-refractivity contribution in [1.29, 1.82) is 5.26 Å². The number of benzene rings is 2. The van der Waals surface area contributed by atoms with Crippen LogP contribution in [0.1, 0.15) is 42.3 Å². The molecule has 1 amide bonds. The van der Waals surface area contributed by atoms with Crippen LogP contribution in [0.3, 0.4) is 0 Å². The smallest absolute Gasteiger partial charge is 0.257 e. The number of rotatable bonds is 4. The van der Waals surface area contributed by atoms with Gasteiger partial charge in [-0.3, -0.25) is 4.79 Å². The molecule has 5 nitrogen and oxygen atoms in total. The number of aromatic nitrogens is 1. The van der Waals surface area contributed by atoms with Crippen LogP contribution in [0.15, 0.2) is 66.9 Å². The van der Waals surface area contributed by atoms with Crippen molar-refractivity contribution in [2.75, 3.05) is 10.6 Å².